The predicted molar refractivity (Wildman–Crippen MR) is 143 cm³/mol. The molecule has 0 radical (unpaired) electrons. The van der Waals surface area contributed by atoms with E-state index in [-0.39, 0.29) is 17.2 Å². The number of nitro benzene ring substituents is 1. The van der Waals surface area contributed by atoms with Crippen LogP contribution in [0.2, 0.25) is 0 Å². The van der Waals surface area contributed by atoms with Crippen molar-refractivity contribution in [3.05, 3.63) is 76.3 Å². The first-order chi connectivity index (χ1) is 19.3. The maximum atomic E-state index is 14.0. The first-order valence-corrected chi connectivity index (χ1v) is 12.4. The third kappa shape index (κ3) is 4.31. The Morgan fingerprint density at radius 1 is 0.900 bits per heavy atom. The number of carbonyl (C=O) groups excluding carboxylic acids is 2. The largest absolute Gasteiger partial charge is 0.494 e. The predicted octanol–water partition coefficient (Wildman–Crippen LogP) is 4.07. The smallest absolute Gasteiger partial charge is 0.271 e. The van der Waals surface area contributed by atoms with E-state index < -0.39 is 34.8 Å². The molecule has 0 spiro atoms. The summed E-state index contributed by atoms with van der Waals surface area (Å²) in [7, 11) is 4.38. The lowest BCUT2D eigenvalue weighted by molar-refractivity contribution is -0.384. The molecule has 3 atom stereocenters. The summed E-state index contributed by atoms with van der Waals surface area (Å²) in [4.78, 5) is 45.9. The lowest BCUT2D eigenvalue weighted by Gasteiger charge is -2.30. The summed E-state index contributed by atoms with van der Waals surface area (Å²) in [5, 5.41) is 12.9. The summed E-state index contributed by atoms with van der Waals surface area (Å²) >= 11 is 0. The SMILES string of the molecule is CCOc1ccc(N2C(=O)[C@@H]3[C@H](ON(c4cccc([N+](=O)[O-])c4)[C@@H]3c3ccc(OC)c(OC)c3OC)C2=O)cc1. The highest BCUT2D eigenvalue weighted by Gasteiger charge is 2.61. The maximum Gasteiger partial charge on any atom is 0.271 e. The number of nitro groups is 1. The number of anilines is 2. The molecule has 0 aromatic heterocycles. The van der Waals surface area contributed by atoms with Crippen LogP contribution in [0.3, 0.4) is 0 Å². The van der Waals surface area contributed by atoms with Gasteiger partial charge in [-0.1, -0.05) is 6.07 Å². The van der Waals surface area contributed by atoms with Gasteiger partial charge in [0.1, 0.15) is 17.7 Å². The quantitative estimate of drug-likeness (QED) is 0.219. The Morgan fingerprint density at radius 2 is 1.62 bits per heavy atom. The number of carbonyl (C=O) groups is 2. The zero-order valence-corrected chi connectivity index (χ0v) is 22.2. The van der Waals surface area contributed by atoms with Gasteiger partial charge in [0.2, 0.25) is 11.7 Å². The average molecular weight is 550 g/mol. The molecule has 5 rings (SSSR count). The summed E-state index contributed by atoms with van der Waals surface area (Å²) in [5.74, 6) is -0.510. The van der Waals surface area contributed by atoms with Gasteiger partial charge < -0.3 is 18.9 Å². The van der Waals surface area contributed by atoms with Crippen LogP contribution in [0, 0.1) is 16.0 Å². The molecule has 40 heavy (non-hydrogen) atoms. The minimum Gasteiger partial charge on any atom is -0.494 e. The highest BCUT2D eigenvalue weighted by molar-refractivity contribution is 6.24. The van der Waals surface area contributed by atoms with Crippen molar-refractivity contribution in [1.82, 2.24) is 0 Å². The molecule has 2 saturated heterocycles. The average Bonchev–Trinajstić information content (AvgIpc) is 3.48. The normalized spacial score (nSPS) is 19.9. The molecule has 12 heteroatoms. The van der Waals surface area contributed by atoms with Gasteiger partial charge in [-0.15, -0.1) is 0 Å². The van der Waals surface area contributed by atoms with Crippen LogP contribution >= 0.6 is 0 Å². The van der Waals surface area contributed by atoms with E-state index in [9.17, 15) is 19.7 Å². The molecule has 0 aliphatic carbocycles. The van der Waals surface area contributed by atoms with E-state index in [1.807, 2.05) is 6.92 Å². The summed E-state index contributed by atoms with van der Waals surface area (Å²) in [5.41, 5.74) is 0.953. The molecule has 2 aliphatic rings. The van der Waals surface area contributed by atoms with Gasteiger partial charge in [0.15, 0.2) is 17.6 Å². The number of non-ortho nitro benzene ring substituents is 1. The second-order valence-electron chi connectivity index (χ2n) is 8.96. The van der Waals surface area contributed by atoms with Gasteiger partial charge in [-0.2, -0.15) is 0 Å². The highest BCUT2D eigenvalue weighted by Crippen LogP contribution is 2.52. The Kier molecular flexibility index (Phi) is 7.18. The van der Waals surface area contributed by atoms with Crippen molar-refractivity contribution in [1.29, 1.82) is 0 Å². The molecule has 2 amide bonds. The monoisotopic (exact) mass is 549 g/mol. The van der Waals surface area contributed by atoms with E-state index in [4.69, 9.17) is 23.8 Å². The zero-order chi connectivity index (χ0) is 28.6. The Balaban J connectivity index is 1.63. The molecule has 0 N–H and O–H groups in total. The van der Waals surface area contributed by atoms with Crippen molar-refractivity contribution in [3.8, 4) is 23.0 Å². The van der Waals surface area contributed by atoms with Crippen molar-refractivity contribution < 1.29 is 38.3 Å². The number of benzene rings is 3. The second-order valence-corrected chi connectivity index (χ2v) is 8.96. The van der Waals surface area contributed by atoms with Crippen LogP contribution in [0.15, 0.2) is 60.7 Å². The van der Waals surface area contributed by atoms with Gasteiger partial charge >= 0.3 is 0 Å². The number of fused-ring (bicyclic) bond motifs is 1. The van der Waals surface area contributed by atoms with Gasteiger partial charge in [0.05, 0.1) is 44.2 Å². The van der Waals surface area contributed by atoms with Crippen LogP contribution in [0.4, 0.5) is 17.1 Å². The molecule has 2 heterocycles. The molecule has 12 nitrogen and oxygen atoms in total. The minimum atomic E-state index is -1.19. The van der Waals surface area contributed by atoms with Crippen LogP contribution in [-0.2, 0) is 14.4 Å². The number of methoxy groups -OCH3 is 3. The molecule has 2 aliphatic heterocycles. The molecule has 0 unspecified atom stereocenters. The van der Waals surface area contributed by atoms with Gasteiger partial charge in [-0.05, 0) is 49.4 Å². The molecular formula is C28H27N3O9. The Hall–Kier alpha value is -4.84. The number of hydrogen-bond donors (Lipinski definition) is 0. The second kappa shape index (κ2) is 10.7. The van der Waals surface area contributed by atoms with E-state index in [1.54, 1.807) is 42.5 Å². The Bertz CT molecular complexity index is 1460. The summed E-state index contributed by atoms with van der Waals surface area (Å²) in [6.07, 6.45) is -1.19. The molecule has 3 aromatic carbocycles. The Morgan fingerprint density at radius 3 is 2.25 bits per heavy atom. The third-order valence-electron chi connectivity index (χ3n) is 6.87. The minimum absolute atomic E-state index is 0.176. The lowest BCUT2D eigenvalue weighted by Crippen LogP contribution is -2.37. The number of imide groups is 1. The van der Waals surface area contributed by atoms with Crippen LogP contribution < -0.4 is 28.9 Å². The van der Waals surface area contributed by atoms with Crippen molar-refractivity contribution in [2.45, 2.75) is 19.1 Å². The van der Waals surface area contributed by atoms with Crippen LogP contribution in [-0.4, -0.2) is 50.8 Å². The van der Waals surface area contributed by atoms with E-state index in [0.717, 1.165) is 4.90 Å². The number of hydrogen-bond acceptors (Lipinski definition) is 10. The fraction of sp³-hybridized carbons (Fsp3) is 0.286. The van der Waals surface area contributed by atoms with E-state index >= 15 is 0 Å². The lowest BCUT2D eigenvalue weighted by atomic mass is 9.89. The molecule has 208 valence electrons. The van der Waals surface area contributed by atoms with Crippen molar-refractivity contribution in [2.24, 2.45) is 5.92 Å². The first kappa shape index (κ1) is 26.8. The van der Waals surface area contributed by atoms with Crippen molar-refractivity contribution in [3.63, 3.8) is 0 Å². The fourth-order valence-corrected chi connectivity index (χ4v) is 5.17. The van der Waals surface area contributed by atoms with Crippen LogP contribution in [0.25, 0.3) is 0 Å². The molecule has 0 bridgehead atoms. The number of amides is 2. The zero-order valence-electron chi connectivity index (χ0n) is 22.2. The van der Waals surface area contributed by atoms with E-state index in [2.05, 4.69) is 0 Å². The standard InChI is InChI=1S/C28H27N3O9/c1-5-39-19-11-9-16(10-12-19)29-27(32)22-23(20-13-14-21(36-2)25(38-4)24(20)37-3)30(40-26(22)28(29)33)17-7-6-8-18(15-17)31(34)35/h6-15,22-23,26H,5H2,1-4H3/t22-,23+,26-/m0/s1. The summed E-state index contributed by atoms with van der Waals surface area (Å²) in [6, 6.07) is 14.8. The van der Waals surface area contributed by atoms with Gasteiger partial charge in [0, 0.05) is 17.7 Å². The van der Waals surface area contributed by atoms with Crippen LogP contribution in [0.5, 0.6) is 23.0 Å². The fourth-order valence-electron chi connectivity index (χ4n) is 5.17. The molecular weight excluding hydrogens is 522 g/mol. The number of nitrogens with zero attached hydrogens (tertiary/aromatic N) is 3. The summed E-state index contributed by atoms with van der Waals surface area (Å²) in [6.45, 7) is 2.33. The number of ether oxygens (including phenoxy) is 4. The number of hydroxylamine groups is 1. The van der Waals surface area contributed by atoms with Gasteiger partial charge in [-0.3, -0.25) is 24.5 Å². The molecule has 0 saturated carbocycles. The third-order valence-corrected chi connectivity index (χ3v) is 6.87. The van der Waals surface area contributed by atoms with Gasteiger partial charge in [0.25, 0.3) is 11.6 Å². The number of rotatable bonds is 9. The van der Waals surface area contributed by atoms with Gasteiger partial charge in [-0.25, -0.2) is 9.96 Å². The van der Waals surface area contributed by atoms with Crippen LogP contribution in [0.1, 0.15) is 18.5 Å². The maximum absolute atomic E-state index is 14.0. The first-order valence-electron chi connectivity index (χ1n) is 12.4. The molecule has 2 fully saturated rings. The highest BCUT2D eigenvalue weighted by atomic mass is 16.7. The Labute approximate surface area is 229 Å². The molecule has 3 aromatic rings. The van der Waals surface area contributed by atoms with E-state index in [1.165, 1.54) is 44.6 Å². The van der Waals surface area contributed by atoms with E-state index in [0.29, 0.717) is 35.0 Å². The van der Waals surface area contributed by atoms with Crippen molar-refractivity contribution >= 4 is 28.9 Å². The van der Waals surface area contributed by atoms with Crippen molar-refractivity contribution in [2.75, 3.05) is 37.9 Å². The topological polar surface area (TPSA) is 130 Å². The summed E-state index contributed by atoms with van der Waals surface area (Å²) < 4.78 is 22.2.